The van der Waals surface area contributed by atoms with Crippen molar-refractivity contribution in [2.45, 2.75) is 76.9 Å². The standard InChI is InChI=1S/C25H40N6O2/c1-2-3-12-26-25-28-16-22(23(30-25)27-15-18-6-8-21(32)9-7-18)24(33)29-20-10-13-31(14-11-20)17-19-4-5-19/h4,16,18,20-21,32H,2-3,5-15,17H2,1H3,(H,29,33)(H2,26,27,28,30). The van der Waals surface area contributed by atoms with Crippen molar-refractivity contribution in [3.05, 3.63) is 23.4 Å². The molecular weight excluding hydrogens is 416 g/mol. The summed E-state index contributed by atoms with van der Waals surface area (Å²) >= 11 is 0. The maximum absolute atomic E-state index is 13.2. The zero-order valence-electron chi connectivity index (χ0n) is 20.0. The molecule has 1 saturated heterocycles. The third-order valence-corrected chi connectivity index (χ3v) is 7.06. The fourth-order valence-corrected chi connectivity index (χ4v) is 4.72. The van der Waals surface area contributed by atoms with E-state index in [1.54, 1.807) is 11.8 Å². The number of hydrogen-bond acceptors (Lipinski definition) is 7. The van der Waals surface area contributed by atoms with Crippen LogP contribution < -0.4 is 16.0 Å². The Hall–Kier alpha value is -2.19. The van der Waals surface area contributed by atoms with Crippen LogP contribution in [-0.2, 0) is 0 Å². The summed E-state index contributed by atoms with van der Waals surface area (Å²) < 4.78 is 0. The van der Waals surface area contributed by atoms with Gasteiger partial charge in [-0.2, -0.15) is 4.98 Å². The first-order valence-corrected chi connectivity index (χ1v) is 12.8. The molecule has 2 heterocycles. The summed E-state index contributed by atoms with van der Waals surface area (Å²) in [6, 6.07) is 0.192. The first-order valence-electron chi connectivity index (χ1n) is 12.8. The van der Waals surface area contributed by atoms with E-state index in [1.165, 1.54) is 6.42 Å². The summed E-state index contributed by atoms with van der Waals surface area (Å²) in [6.07, 6.45) is 12.8. The van der Waals surface area contributed by atoms with E-state index in [1.807, 2.05) is 0 Å². The molecule has 1 aliphatic heterocycles. The first kappa shape index (κ1) is 24.0. The van der Waals surface area contributed by atoms with Gasteiger partial charge in [0.2, 0.25) is 5.95 Å². The van der Waals surface area contributed by atoms with Gasteiger partial charge in [-0.15, -0.1) is 0 Å². The molecule has 0 radical (unpaired) electrons. The molecule has 8 heteroatoms. The highest BCUT2D eigenvalue weighted by Gasteiger charge is 2.25. The number of nitrogens with zero attached hydrogens (tertiary/aromatic N) is 3. The van der Waals surface area contributed by atoms with Gasteiger partial charge < -0.3 is 21.1 Å². The van der Waals surface area contributed by atoms with Gasteiger partial charge in [0.05, 0.1) is 6.10 Å². The number of carbonyl (C=O) groups excluding carboxylic acids is 1. The number of unbranched alkanes of at least 4 members (excludes halogenated alkanes) is 1. The summed E-state index contributed by atoms with van der Waals surface area (Å²) in [5, 5.41) is 19.7. The molecule has 33 heavy (non-hydrogen) atoms. The minimum absolute atomic E-state index is 0.0972. The first-order chi connectivity index (χ1) is 16.1. The topological polar surface area (TPSA) is 102 Å². The molecule has 0 unspecified atom stereocenters. The zero-order chi connectivity index (χ0) is 23.0. The minimum atomic E-state index is -0.163. The molecular formula is C25H40N6O2. The smallest absolute Gasteiger partial charge is 0.256 e. The number of allylic oxidation sites excluding steroid dienone is 1. The monoisotopic (exact) mass is 456 g/mol. The largest absolute Gasteiger partial charge is 0.393 e. The minimum Gasteiger partial charge on any atom is -0.393 e. The number of anilines is 2. The fourth-order valence-electron chi connectivity index (χ4n) is 4.72. The Labute approximate surface area is 197 Å². The average Bonchev–Trinajstić information content (AvgIpc) is 3.64. The third-order valence-electron chi connectivity index (χ3n) is 7.06. The SMILES string of the molecule is CCCCNc1ncc(C(=O)NC2CCN(CC3=CC3)CC2)c(NCC2CCC(O)CC2)n1. The van der Waals surface area contributed by atoms with E-state index in [2.05, 4.69) is 43.8 Å². The molecule has 1 amide bonds. The Kier molecular flexibility index (Phi) is 8.56. The van der Waals surface area contributed by atoms with Gasteiger partial charge in [-0.05, 0) is 57.3 Å². The molecule has 0 spiro atoms. The van der Waals surface area contributed by atoms with Crippen molar-refractivity contribution in [3.8, 4) is 0 Å². The molecule has 1 saturated carbocycles. The van der Waals surface area contributed by atoms with Gasteiger partial charge in [0.1, 0.15) is 11.4 Å². The van der Waals surface area contributed by atoms with E-state index in [9.17, 15) is 9.90 Å². The molecule has 0 bridgehead atoms. The van der Waals surface area contributed by atoms with Crippen molar-refractivity contribution < 1.29 is 9.90 Å². The van der Waals surface area contributed by atoms with E-state index in [4.69, 9.17) is 0 Å². The van der Waals surface area contributed by atoms with Crippen molar-refractivity contribution >= 4 is 17.7 Å². The molecule has 182 valence electrons. The highest BCUT2D eigenvalue weighted by molar-refractivity contribution is 5.98. The van der Waals surface area contributed by atoms with Crippen LogP contribution >= 0.6 is 0 Å². The van der Waals surface area contributed by atoms with Crippen molar-refractivity contribution in [2.24, 2.45) is 5.92 Å². The highest BCUT2D eigenvalue weighted by atomic mass is 16.3. The Balaban J connectivity index is 1.35. The fraction of sp³-hybridized carbons (Fsp3) is 0.720. The van der Waals surface area contributed by atoms with Crippen molar-refractivity contribution in [3.63, 3.8) is 0 Å². The molecule has 8 nitrogen and oxygen atoms in total. The van der Waals surface area contributed by atoms with Crippen molar-refractivity contribution in [2.75, 3.05) is 43.4 Å². The number of hydrogen-bond donors (Lipinski definition) is 4. The molecule has 4 rings (SSSR count). The normalized spacial score (nSPS) is 23.6. The molecule has 0 atom stereocenters. The predicted molar refractivity (Wildman–Crippen MR) is 132 cm³/mol. The summed E-state index contributed by atoms with van der Waals surface area (Å²) in [6.45, 7) is 6.87. The average molecular weight is 457 g/mol. The molecule has 0 aromatic carbocycles. The Morgan fingerprint density at radius 1 is 1.15 bits per heavy atom. The lowest BCUT2D eigenvalue weighted by Gasteiger charge is -2.32. The summed E-state index contributed by atoms with van der Waals surface area (Å²) in [7, 11) is 0. The van der Waals surface area contributed by atoms with E-state index >= 15 is 0 Å². The van der Waals surface area contributed by atoms with Gasteiger partial charge in [0.15, 0.2) is 0 Å². The summed E-state index contributed by atoms with van der Waals surface area (Å²) in [5.74, 6) is 1.55. The Morgan fingerprint density at radius 2 is 1.91 bits per heavy atom. The van der Waals surface area contributed by atoms with Crippen LogP contribution in [0.15, 0.2) is 17.8 Å². The number of rotatable bonds is 11. The number of carbonyl (C=O) groups is 1. The second-order valence-electron chi connectivity index (χ2n) is 9.88. The number of piperidine rings is 1. The summed E-state index contributed by atoms with van der Waals surface area (Å²) in [4.78, 5) is 24.7. The van der Waals surface area contributed by atoms with Gasteiger partial charge in [0.25, 0.3) is 5.91 Å². The van der Waals surface area contributed by atoms with Crippen LogP contribution in [0.1, 0.15) is 75.1 Å². The van der Waals surface area contributed by atoms with Crippen LogP contribution in [0.25, 0.3) is 0 Å². The lowest BCUT2D eigenvalue weighted by atomic mass is 9.87. The second kappa shape index (κ2) is 11.8. The maximum Gasteiger partial charge on any atom is 0.256 e. The lowest BCUT2D eigenvalue weighted by molar-refractivity contribution is 0.0914. The van der Waals surface area contributed by atoms with Crippen LogP contribution in [-0.4, -0.2) is 70.8 Å². The summed E-state index contributed by atoms with van der Waals surface area (Å²) in [5.41, 5.74) is 2.06. The van der Waals surface area contributed by atoms with Gasteiger partial charge >= 0.3 is 0 Å². The molecule has 2 aliphatic carbocycles. The second-order valence-corrected chi connectivity index (χ2v) is 9.88. The third kappa shape index (κ3) is 7.40. The van der Waals surface area contributed by atoms with Crippen LogP contribution in [0, 0.1) is 5.92 Å². The number of amides is 1. The molecule has 1 aromatic rings. The Bertz CT molecular complexity index is 813. The predicted octanol–water partition coefficient (Wildman–Crippen LogP) is 3.18. The van der Waals surface area contributed by atoms with Gasteiger partial charge in [-0.25, -0.2) is 4.98 Å². The van der Waals surface area contributed by atoms with E-state index in [0.717, 1.165) is 84.1 Å². The van der Waals surface area contributed by atoms with E-state index in [0.29, 0.717) is 23.2 Å². The highest BCUT2D eigenvalue weighted by Crippen LogP contribution is 2.25. The lowest BCUT2D eigenvalue weighted by Crippen LogP contribution is -2.45. The zero-order valence-corrected chi connectivity index (χ0v) is 20.0. The number of aliphatic hydroxyl groups is 1. The number of likely N-dealkylation sites (tertiary alicyclic amines) is 1. The Morgan fingerprint density at radius 3 is 2.61 bits per heavy atom. The van der Waals surface area contributed by atoms with Crippen LogP contribution in [0.4, 0.5) is 11.8 Å². The quantitative estimate of drug-likeness (QED) is 0.300. The van der Waals surface area contributed by atoms with Gasteiger partial charge in [-0.3, -0.25) is 9.69 Å². The number of aromatic nitrogens is 2. The molecule has 1 aromatic heterocycles. The molecule has 4 N–H and O–H groups in total. The van der Waals surface area contributed by atoms with Crippen molar-refractivity contribution in [1.82, 2.24) is 20.2 Å². The van der Waals surface area contributed by atoms with Crippen LogP contribution in [0.5, 0.6) is 0 Å². The number of aliphatic hydroxyl groups excluding tert-OH is 1. The molecule has 2 fully saturated rings. The van der Waals surface area contributed by atoms with Gasteiger partial charge in [-0.1, -0.05) is 25.0 Å². The van der Waals surface area contributed by atoms with E-state index < -0.39 is 0 Å². The van der Waals surface area contributed by atoms with Gasteiger partial charge in [0, 0.05) is 45.0 Å². The van der Waals surface area contributed by atoms with Crippen LogP contribution in [0.3, 0.4) is 0 Å². The molecule has 3 aliphatic rings. The van der Waals surface area contributed by atoms with Crippen molar-refractivity contribution in [1.29, 1.82) is 0 Å². The van der Waals surface area contributed by atoms with Crippen LogP contribution in [0.2, 0.25) is 0 Å². The maximum atomic E-state index is 13.2. The van der Waals surface area contributed by atoms with E-state index in [-0.39, 0.29) is 18.1 Å². The number of nitrogens with one attached hydrogen (secondary N) is 3.